The summed E-state index contributed by atoms with van der Waals surface area (Å²) in [4.78, 5) is 0. The van der Waals surface area contributed by atoms with E-state index in [0.29, 0.717) is 17.7 Å². The number of hydrogen-bond donors (Lipinski definition) is 0. The highest BCUT2D eigenvalue weighted by Gasteiger charge is 2.62. The number of aryl methyl sites for hydroxylation is 1. The molecule has 1 heterocycles. The van der Waals surface area contributed by atoms with Gasteiger partial charge in [-0.15, -0.1) is 0 Å². The lowest BCUT2D eigenvalue weighted by molar-refractivity contribution is 0.00578. The molecule has 1 saturated carbocycles. The minimum absolute atomic E-state index is 0.0567. The molecule has 3 atom stereocenters. The first kappa shape index (κ1) is 16.8. The van der Waals surface area contributed by atoms with Crippen LogP contribution in [-0.4, -0.2) is 18.3 Å². The number of allylic oxidation sites excluding steroid dienone is 2. The van der Waals surface area contributed by atoms with E-state index >= 15 is 0 Å². The first-order valence-corrected chi connectivity index (χ1v) is 8.88. The van der Waals surface area contributed by atoms with Gasteiger partial charge in [-0.1, -0.05) is 49.4 Å². The van der Waals surface area contributed by atoms with Crippen molar-refractivity contribution >= 4 is 7.12 Å². The van der Waals surface area contributed by atoms with Crippen molar-refractivity contribution in [2.75, 3.05) is 0 Å². The van der Waals surface area contributed by atoms with Crippen molar-refractivity contribution in [2.24, 2.45) is 11.8 Å². The molecule has 1 saturated heterocycles. The van der Waals surface area contributed by atoms with Gasteiger partial charge in [0.15, 0.2) is 0 Å². The molecule has 2 fully saturated rings. The molecule has 0 aromatic heterocycles. The quantitative estimate of drug-likeness (QED) is 0.568. The van der Waals surface area contributed by atoms with E-state index < -0.39 is 0 Å². The molecular formula is C20H29BO2. The van der Waals surface area contributed by atoms with Gasteiger partial charge in [-0.05, 0) is 57.9 Å². The Kier molecular flexibility index (Phi) is 4.46. The summed E-state index contributed by atoms with van der Waals surface area (Å²) in [6.07, 6.45) is 6.92. The molecule has 0 radical (unpaired) electrons. The van der Waals surface area contributed by atoms with Crippen molar-refractivity contribution in [2.45, 2.75) is 64.5 Å². The van der Waals surface area contributed by atoms with Crippen LogP contribution < -0.4 is 0 Å². The number of benzene rings is 1. The molecule has 124 valence electrons. The fraction of sp³-hybridized carbons (Fsp3) is 0.600. The molecule has 1 aliphatic heterocycles. The molecule has 3 heteroatoms. The van der Waals surface area contributed by atoms with E-state index in [4.69, 9.17) is 9.31 Å². The third-order valence-corrected chi connectivity index (χ3v) is 5.90. The van der Waals surface area contributed by atoms with E-state index in [0.717, 1.165) is 12.8 Å². The monoisotopic (exact) mass is 312 g/mol. The summed E-state index contributed by atoms with van der Waals surface area (Å²) in [5.74, 6) is 1.75. The van der Waals surface area contributed by atoms with Crippen molar-refractivity contribution < 1.29 is 9.31 Å². The first-order valence-electron chi connectivity index (χ1n) is 8.88. The standard InChI is InChI=1S/C20H29BO2/c1-15-17(14-10-9-13-16-11-7-6-8-12-16)18(15)21-22-19(2,3)20(4,5)23-21/h6-8,10-12,14-15,17-18H,9,13H2,1-5H3/b14-10+/t15-,17+,18+/m1/s1. The fourth-order valence-electron chi connectivity index (χ4n) is 3.45. The van der Waals surface area contributed by atoms with Gasteiger partial charge in [-0.25, -0.2) is 0 Å². The average Bonchev–Trinajstić information content (AvgIpc) is 3.06. The molecule has 1 aromatic rings. The van der Waals surface area contributed by atoms with E-state index in [1.54, 1.807) is 0 Å². The van der Waals surface area contributed by atoms with Crippen molar-refractivity contribution in [3.8, 4) is 0 Å². The highest BCUT2D eigenvalue weighted by molar-refractivity contribution is 6.49. The smallest absolute Gasteiger partial charge is 0.403 e. The highest BCUT2D eigenvalue weighted by atomic mass is 16.7. The maximum absolute atomic E-state index is 6.21. The summed E-state index contributed by atoms with van der Waals surface area (Å²) >= 11 is 0. The molecule has 0 unspecified atom stereocenters. The van der Waals surface area contributed by atoms with Crippen molar-refractivity contribution in [3.05, 3.63) is 48.0 Å². The Morgan fingerprint density at radius 2 is 1.65 bits per heavy atom. The van der Waals surface area contributed by atoms with Gasteiger partial charge >= 0.3 is 7.12 Å². The van der Waals surface area contributed by atoms with Crippen LogP contribution in [0.3, 0.4) is 0 Å². The third kappa shape index (κ3) is 3.41. The lowest BCUT2D eigenvalue weighted by atomic mass is 9.79. The Morgan fingerprint density at radius 1 is 1.04 bits per heavy atom. The van der Waals surface area contributed by atoms with E-state index in [1.165, 1.54) is 5.56 Å². The van der Waals surface area contributed by atoms with Crippen LogP contribution in [0.4, 0.5) is 0 Å². The molecule has 1 aliphatic carbocycles. The second-order valence-corrected chi connectivity index (χ2v) is 8.09. The van der Waals surface area contributed by atoms with Crippen LogP contribution in [0.1, 0.15) is 46.6 Å². The largest absolute Gasteiger partial charge is 0.462 e. The Bertz CT molecular complexity index is 548. The summed E-state index contributed by atoms with van der Waals surface area (Å²) in [5.41, 5.74) is 0.965. The zero-order valence-corrected chi connectivity index (χ0v) is 15.1. The molecule has 3 rings (SSSR count). The second-order valence-electron chi connectivity index (χ2n) is 8.09. The molecule has 0 spiro atoms. The molecule has 0 bridgehead atoms. The Balaban J connectivity index is 1.50. The molecule has 0 amide bonds. The van der Waals surface area contributed by atoms with Crippen LogP contribution in [0.15, 0.2) is 42.5 Å². The first-order chi connectivity index (χ1) is 10.8. The molecular weight excluding hydrogens is 283 g/mol. The third-order valence-electron chi connectivity index (χ3n) is 5.90. The van der Waals surface area contributed by atoms with Gasteiger partial charge in [-0.3, -0.25) is 0 Å². The van der Waals surface area contributed by atoms with Gasteiger partial charge in [0.05, 0.1) is 11.2 Å². The average molecular weight is 312 g/mol. The Morgan fingerprint density at radius 3 is 2.26 bits per heavy atom. The molecule has 2 nitrogen and oxygen atoms in total. The summed E-state index contributed by atoms with van der Waals surface area (Å²) in [6, 6.07) is 10.7. The number of rotatable bonds is 5. The van der Waals surface area contributed by atoms with Crippen LogP contribution in [0.2, 0.25) is 5.82 Å². The van der Waals surface area contributed by atoms with Crippen LogP contribution >= 0.6 is 0 Å². The minimum Gasteiger partial charge on any atom is -0.403 e. The summed E-state index contributed by atoms with van der Waals surface area (Å²) in [6.45, 7) is 10.8. The van der Waals surface area contributed by atoms with Gasteiger partial charge in [0.25, 0.3) is 0 Å². The molecule has 1 aromatic carbocycles. The van der Waals surface area contributed by atoms with Gasteiger partial charge in [0.1, 0.15) is 0 Å². The highest BCUT2D eigenvalue weighted by Crippen LogP contribution is 2.58. The zero-order valence-electron chi connectivity index (χ0n) is 15.1. The van der Waals surface area contributed by atoms with Crippen LogP contribution in [0.5, 0.6) is 0 Å². The Labute approximate surface area is 141 Å². The minimum atomic E-state index is -0.221. The summed E-state index contributed by atoms with van der Waals surface area (Å²) in [7, 11) is -0.0567. The van der Waals surface area contributed by atoms with Gasteiger partial charge in [-0.2, -0.15) is 0 Å². The lowest BCUT2D eigenvalue weighted by Gasteiger charge is -2.32. The maximum Gasteiger partial charge on any atom is 0.462 e. The van der Waals surface area contributed by atoms with Crippen LogP contribution in [-0.2, 0) is 15.7 Å². The topological polar surface area (TPSA) is 18.5 Å². The number of hydrogen-bond acceptors (Lipinski definition) is 2. The predicted octanol–water partition coefficient (Wildman–Crippen LogP) is 4.90. The molecule has 2 aliphatic rings. The second kappa shape index (κ2) is 6.10. The zero-order chi connectivity index (χ0) is 16.7. The van der Waals surface area contributed by atoms with Crippen molar-refractivity contribution in [1.29, 1.82) is 0 Å². The predicted molar refractivity (Wildman–Crippen MR) is 96.4 cm³/mol. The SMILES string of the molecule is C[C@@H]1[C@H](/C=C/CCc2ccccc2)[C@H]1B1OC(C)(C)C(C)(C)O1. The molecule has 23 heavy (non-hydrogen) atoms. The van der Waals surface area contributed by atoms with Gasteiger partial charge < -0.3 is 9.31 Å². The normalized spacial score (nSPS) is 31.7. The van der Waals surface area contributed by atoms with E-state index in [1.807, 2.05) is 0 Å². The van der Waals surface area contributed by atoms with E-state index in [-0.39, 0.29) is 18.3 Å². The summed E-state index contributed by atoms with van der Waals surface area (Å²) < 4.78 is 12.4. The lowest BCUT2D eigenvalue weighted by Crippen LogP contribution is -2.41. The molecule has 0 N–H and O–H groups in total. The van der Waals surface area contributed by atoms with Crippen LogP contribution in [0, 0.1) is 11.8 Å². The van der Waals surface area contributed by atoms with Gasteiger partial charge in [0, 0.05) is 5.82 Å². The summed E-state index contributed by atoms with van der Waals surface area (Å²) in [5, 5.41) is 0. The van der Waals surface area contributed by atoms with E-state index in [2.05, 4.69) is 77.1 Å². The van der Waals surface area contributed by atoms with Crippen molar-refractivity contribution in [1.82, 2.24) is 0 Å². The maximum atomic E-state index is 6.21. The fourth-order valence-corrected chi connectivity index (χ4v) is 3.45. The Hall–Kier alpha value is -1.06. The van der Waals surface area contributed by atoms with Gasteiger partial charge in [0.2, 0.25) is 0 Å². The van der Waals surface area contributed by atoms with Crippen LogP contribution in [0.25, 0.3) is 0 Å². The van der Waals surface area contributed by atoms with Crippen molar-refractivity contribution in [3.63, 3.8) is 0 Å². The van der Waals surface area contributed by atoms with E-state index in [9.17, 15) is 0 Å².